The number of thiazole rings is 1. The van der Waals surface area contributed by atoms with Gasteiger partial charge in [0.1, 0.15) is 0 Å². The number of nitrogens with one attached hydrogen (secondary N) is 1. The Kier molecular flexibility index (Phi) is 4.91. The third-order valence-corrected chi connectivity index (χ3v) is 5.32. The number of rotatable bonds is 6. The summed E-state index contributed by atoms with van der Waals surface area (Å²) < 4.78 is 26.9. The summed E-state index contributed by atoms with van der Waals surface area (Å²) in [7, 11) is -3.42. The minimum atomic E-state index is -3.42. The van der Waals surface area contributed by atoms with E-state index in [2.05, 4.69) is 23.6 Å². The maximum Gasteiger partial charge on any atom is 0.240 e. The maximum atomic E-state index is 12.1. The predicted octanol–water partition coefficient (Wildman–Crippen LogP) is 2.79. The summed E-state index contributed by atoms with van der Waals surface area (Å²) in [5, 5.41) is 0. The molecule has 6 heteroatoms. The summed E-state index contributed by atoms with van der Waals surface area (Å²) in [6, 6.07) is 7.04. The highest BCUT2D eigenvalue weighted by Gasteiger charge is 2.13. The zero-order valence-corrected chi connectivity index (χ0v) is 13.2. The summed E-state index contributed by atoms with van der Waals surface area (Å²) >= 11 is 1.53. The normalized spacial score (nSPS) is 11.9. The minimum absolute atomic E-state index is 0.311. The number of hydrogen-bond acceptors (Lipinski definition) is 4. The van der Waals surface area contributed by atoms with Gasteiger partial charge in [-0.2, -0.15) is 0 Å². The maximum absolute atomic E-state index is 12.1. The summed E-state index contributed by atoms with van der Waals surface area (Å²) in [6.45, 7) is 4.55. The van der Waals surface area contributed by atoms with Crippen molar-refractivity contribution in [2.45, 2.75) is 31.1 Å². The van der Waals surface area contributed by atoms with Crippen molar-refractivity contribution < 1.29 is 8.42 Å². The molecule has 0 aliphatic rings. The van der Waals surface area contributed by atoms with Crippen LogP contribution in [0.3, 0.4) is 0 Å². The van der Waals surface area contributed by atoms with Crippen molar-refractivity contribution in [3.63, 3.8) is 0 Å². The standard InChI is InChI=1S/C14H18N2O2S2/c1-11(2)12-3-5-14(6-4-12)20(17,18)16-8-7-13-9-15-10-19-13/h3-6,9-11,16H,7-8H2,1-2H3. The smallest absolute Gasteiger partial charge is 0.240 e. The molecular formula is C14H18N2O2S2. The Labute approximate surface area is 123 Å². The molecule has 0 amide bonds. The Hall–Kier alpha value is -1.24. The van der Waals surface area contributed by atoms with Gasteiger partial charge in [-0.25, -0.2) is 13.1 Å². The van der Waals surface area contributed by atoms with Crippen LogP contribution < -0.4 is 4.72 Å². The Balaban J connectivity index is 1.99. The number of hydrogen-bond donors (Lipinski definition) is 1. The molecule has 20 heavy (non-hydrogen) atoms. The lowest BCUT2D eigenvalue weighted by Crippen LogP contribution is -2.25. The van der Waals surface area contributed by atoms with Gasteiger partial charge >= 0.3 is 0 Å². The summed E-state index contributed by atoms with van der Waals surface area (Å²) in [4.78, 5) is 5.35. The first-order valence-electron chi connectivity index (χ1n) is 6.46. The Morgan fingerprint density at radius 3 is 2.50 bits per heavy atom. The van der Waals surface area contributed by atoms with Crippen LogP contribution in [0.2, 0.25) is 0 Å². The molecule has 1 heterocycles. The van der Waals surface area contributed by atoms with Gasteiger partial charge in [-0.1, -0.05) is 26.0 Å². The molecule has 0 radical (unpaired) electrons. The second-order valence-electron chi connectivity index (χ2n) is 4.84. The largest absolute Gasteiger partial charge is 0.253 e. The first-order valence-corrected chi connectivity index (χ1v) is 8.82. The zero-order valence-electron chi connectivity index (χ0n) is 11.5. The van der Waals surface area contributed by atoms with E-state index in [1.165, 1.54) is 11.3 Å². The van der Waals surface area contributed by atoms with E-state index in [0.29, 0.717) is 23.8 Å². The average molecular weight is 310 g/mol. The van der Waals surface area contributed by atoms with Crippen molar-refractivity contribution in [1.82, 2.24) is 9.71 Å². The van der Waals surface area contributed by atoms with E-state index in [-0.39, 0.29) is 0 Å². The molecule has 1 N–H and O–H groups in total. The van der Waals surface area contributed by atoms with Gasteiger partial charge in [0.2, 0.25) is 10.0 Å². The van der Waals surface area contributed by atoms with Crippen LogP contribution in [0.5, 0.6) is 0 Å². The molecule has 0 unspecified atom stereocenters. The minimum Gasteiger partial charge on any atom is -0.253 e. The molecule has 0 aliphatic heterocycles. The Morgan fingerprint density at radius 1 is 1.25 bits per heavy atom. The van der Waals surface area contributed by atoms with Crippen molar-refractivity contribution in [3.05, 3.63) is 46.4 Å². The monoisotopic (exact) mass is 310 g/mol. The van der Waals surface area contributed by atoms with Gasteiger partial charge in [-0.15, -0.1) is 11.3 Å². The lowest BCUT2D eigenvalue weighted by Gasteiger charge is -2.08. The topological polar surface area (TPSA) is 59.1 Å². The van der Waals surface area contributed by atoms with Gasteiger partial charge in [-0.3, -0.25) is 4.98 Å². The Morgan fingerprint density at radius 2 is 1.95 bits per heavy atom. The summed E-state index contributed by atoms with van der Waals surface area (Å²) in [5.74, 6) is 0.394. The van der Waals surface area contributed by atoms with Crippen LogP contribution >= 0.6 is 11.3 Å². The van der Waals surface area contributed by atoms with E-state index in [0.717, 1.165) is 10.4 Å². The van der Waals surface area contributed by atoms with Crippen molar-refractivity contribution in [1.29, 1.82) is 0 Å². The molecule has 0 saturated heterocycles. The van der Waals surface area contributed by atoms with E-state index in [1.807, 2.05) is 12.1 Å². The number of benzene rings is 1. The number of aromatic nitrogens is 1. The molecule has 2 aromatic rings. The first kappa shape index (κ1) is 15.2. The second-order valence-corrected chi connectivity index (χ2v) is 7.58. The van der Waals surface area contributed by atoms with Crippen molar-refractivity contribution in [2.24, 2.45) is 0 Å². The molecule has 1 aromatic heterocycles. The SMILES string of the molecule is CC(C)c1ccc(S(=O)(=O)NCCc2cncs2)cc1. The molecule has 1 aromatic carbocycles. The summed E-state index contributed by atoms with van der Waals surface area (Å²) in [6.07, 6.45) is 2.42. The molecule has 0 saturated carbocycles. The van der Waals surface area contributed by atoms with Gasteiger partial charge in [0.25, 0.3) is 0 Å². The zero-order chi connectivity index (χ0) is 14.6. The van der Waals surface area contributed by atoms with Crippen LogP contribution in [0.25, 0.3) is 0 Å². The fraction of sp³-hybridized carbons (Fsp3) is 0.357. The molecular weight excluding hydrogens is 292 g/mol. The van der Waals surface area contributed by atoms with Crippen LogP contribution in [0.1, 0.15) is 30.2 Å². The molecule has 0 spiro atoms. The number of sulfonamides is 1. The molecule has 108 valence electrons. The van der Waals surface area contributed by atoms with E-state index < -0.39 is 10.0 Å². The van der Waals surface area contributed by atoms with Crippen molar-refractivity contribution in [2.75, 3.05) is 6.54 Å². The average Bonchev–Trinajstić information content (AvgIpc) is 2.92. The molecule has 0 bridgehead atoms. The van der Waals surface area contributed by atoms with E-state index in [1.54, 1.807) is 23.8 Å². The van der Waals surface area contributed by atoms with Crippen LogP contribution in [-0.2, 0) is 16.4 Å². The van der Waals surface area contributed by atoms with Crippen LogP contribution in [0.15, 0.2) is 40.9 Å². The molecule has 0 fully saturated rings. The van der Waals surface area contributed by atoms with E-state index in [9.17, 15) is 8.42 Å². The van der Waals surface area contributed by atoms with Crippen LogP contribution in [0.4, 0.5) is 0 Å². The van der Waals surface area contributed by atoms with Gasteiger partial charge < -0.3 is 0 Å². The quantitative estimate of drug-likeness (QED) is 0.892. The van der Waals surface area contributed by atoms with Crippen LogP contribution in [-0.4, -0.2) is 19.9 Å². The molecule has 0 atom stereocenters. The highest BCUT2D eigenvalue weighted by atomic mass is 32.2. The van der Waals surface area contributed by atoms with E-state index >= 15 is 0 Å². The molecule has 2 rings (SSSR count). The highest BCUT2D eigenvalue weighted by Crippen LogP contribution is 2.17. The fourth-order valence-corrected chi connectivity index (χ4v) is 3.42. The third-order valence-electron chi connectivity index (χ3n) is 3.00. The summed E-state index contributed by atoms with van der Waals surface area (Å²) in [5.41, 5.74) is 2.88. The Bertz CT molecular complexity index is 632. The second kappa shape index (κ2) is 6.47. The van der Waals surface area contributed by atoms with Gasteiger partial charge in [0.15, 0.2) is 0 Å². The third kappa shape index (κ3) is 3.88. The highest BCUT2D eigenvalue weighted by molar-refractivity contribution is 7.89. The molecule has 4 nitrogen and oxygen atoms in total. The van der Waals surface area contributed by atoms with Crippen molar-refractivity contribution in [3.8, 4) is 0 Å². The number of nitrogens with zero attached hydrogens (tertiary/aromatic N) is 1. The fourth-order valence-electron chi connectivity index (χ4n) is 1.79. The van der Waals surface area contributed by atoms with Gasteiger partial charge in [0.05, 0.1) is 10.4 Å². The van der Waals surface area contributed by atoms with Crippen molar-refractivity contribution >= 4 is 21.4 Å². The lowest BCUT2D eigenvalue weighted by atomic mass is 10.0. The molecule has 0 aliphatic carbocycles. The van der Waals surface area contributed by atoms with Gasteiger partial charge in [-0.05, 0) is 30.0 Å². The van der Waals surface area contributed by atoms with Gasteiger partial charge in [0, 0.05) is 17.6 Å². The van der Waals surface area contributed by atoms with E-state index in [4.69, 9.17) is 0 Å². The lowest BCUT2D eigenvalue weighted by molar-refractivity contribution is 0.581. The first-order chi connectivity index (χ1) is 9.49. The predicted molar refractivity (Wildman–Crippen MR) is 81.5 cm³/mol. The van der Waals surface area contributed by atoms with Crippen LogP contribution in [0, 0.1) is 0 Å².